The molecule has 0 aliphatic carbocycles. The molecule has 2 amide bonds. The predicted octanol–water partition coefficient (Wildman–Crippen LogP) is 0.179. The maximum atomic E-state index is 12.0. The minimum atomic E-state index is -0.505. The third kappa shape index (κ3) is 5.14. The monoisotopic (exact) mass is 313 g/mol. The summed E-state index contributed by atoms with van der Waals surface area (Å²) in [6.45, 7) is 8.22. The zero-order valence-corrected chi connectivity index (χ0v) is 13.7. The van der Waals surface area contributed by atoms with Gasteiger partial charge in [0.1, 0.15) is 5.60 Å². The summed E-state index contributed by atoms with van der Waals surface area (Å²) in [6, 6.07) is -0.0208. The Bertz CT molecular complexity index is 422. The topological polar surface area (TPSA) is 82.1 Å². The summed E-state index contributed by atoms with van der Waals surface area (Å²) in [5, 5.41) is 12.4. The molecule has 0 aromatic heterocycles. The number of hydrogen-bond acceptors (Lipinski definition) is 5. The first-order valence-electron chi connectivity index (χ1n) is 7.90. The quantitative estimate of drug-likeness (QED) is 0.777. The third-order valence-electron chi connectivity index (χ3n) is 3.82. The molecule has 2 rings (SSSR count). The molecule has 0 saturated carbocycles. The Kier molecular flexibility index (Phi) is 5.28. The van der Waals surface area contributed by atoms with E-state index in [9.17, 15) is 14.7 Å². The summed E-state index contributed by atoms with van der Waals surface area (Å²) in [7, 11) is 0. The highest BCUT2D eigenvalue weighted by atomic mass is 16.6. The van der Waals surface area contributed by atoms with Crippen molar-refractivity contribution >= 4 is 12.0 Å². The van der Waals surface area contributed by atoms with Crippen LogP contribution in [0.5, 0.6) is 0 Å². The largest absolute Gasteiger partial charge is 0.444 e. The van der Waals surface area contributed by atoms with Gasteiger partial charge in [-0.3, -0.25) is 9.69 Å². The molecule has 0 bridgehead atoms. The van der Waals surface area contributed by atoms with Crippen LogP contribution in [0.1, 0.15) is 33.6 Å². The van der Waals surface area contributed by atoms with E-state index in [1.165, 1.54) is 0 Å². The number of nitrogens with one attached hydrogen (secondary N) is 1. The number of carbonyl (C=O) groups excluding carboxylic acids is 2. The maximum absolute atomic E-state index is 12.0. The van der Waals surface area contributed by atoms with Crippen LogP contribution in [0.25, 0.3) is 0 Å². The minimum Gasteiger partial charge on any atom is -0.444 e. The molecule has 22 heavy (non-hydrogen) atoms. The SMILES string of the molecule is CC(C)(C)OC(=O)N1CCC(NC(=O)CN2CCC(O)C2)C1. The first kappa shape index (κ1) is 17.0. The molecule has 0 aromatic rings. The first-order chi connectivity index (χ1) is 10.2. The highest BCUT2D eigenvalue weighted by Crippen LogP contribution is 2.15. The summed E-state index contributed by atoms with van der Waals surface area (Å²) in [6.07, 6.45) is 0.824. The molecule has 7 nitrogen and oxygen atoms in total. The van der Waals surface area contributed by atoms with E-state index in [0.29, 0.717) is 26.2 Å². The Morgan fingerprint density at radius 2 is 1.95 bits per heavy atom. The maximum Gasteiger partial charge on any atom is 0.410 e. The number of nitrogens with zero attached hydrogens (tertiary/aromatic N) is 2. The lowest BCUT2D eigenvalue weighted by Gasteiger charge is -2.24. The highest BCUT2D eigenvalue weighted by Gasteiger charge is 2.31. The molecule has 2 fully saturated rings. The van der Waals surface area contributed by atoms with Crippen LogP contribution in [0.2, 0.25) is 0 Å². The standard InChI is InChI=1S/C15H27N3O4/c1-15(2,3)22-14(21)18-7-4-11(8-18)16-13(20)10-17-6-5-12(19)9-17/h11-12,19H,4-10H2,1-3H3,(H,16,20). The van der Waals surface area contributed by atoms with Crippen molar-refractivity contribution in [1.82, 2.24) is 15.1 Å². The van der Waals surface area contributed by atoms with Gasteiger partial charge < -0.3 is 20.1 Å². The lowest BCUT2D eigenvalue weighted by atomic mass is 10.2. The van der Waals surface area contributed by atoms with E-state index >= 15 is 0 Å². The number of likely N-dealkylation sites (tertiary alicyclic amines) is 2. The number of aliphatic hydroxyl groups excluding tert-OH is 1. The molecule has 126 valence electrons. The van der Waals surface area contributed by atoms with E-state index < -0.39 is 5.60 Å². The summed E-state index contributed by atoms with van der Waals surface area (Å²) in [4.78, 5) is 27.5. The molecule has 2 aliphatic heterocycles. The molecule has 2 atom stereocenters. The van der Waals surface area contributed by atoms with Crippen molar-refractivity contribution in [3.05, 3.63) is 0 Å². The van der Waals surface area contributed by atoms with Crippen LogP contribution in [0, 0.1) is 0 Å². The van der Waals surface area contributed by atoms with Gasteiger partial charge in [0.05, 0.1) is 12.6 Å². The molecule has 0 radical (unpaired) electrons. The summed E-state index contributed by atoms with van der Waals surface area (Å²) < 4.78 is 5.33. The molecule has 2 unspecified atom stereocenters. The molecular weight excluding hydrogens is 286 g/mol. The molecule has 7 heteroatoms. The Morgan fingerprint density at radius 3 is 2.55 bits per heavy atom. The second-order valence-corrected chi connectivity index (χ2v) is 7.16. The van der Waals surface area contributed by atoms with Crippen molar-refractivity contribution in [3.8, 4) is 0 Å². The molecule has 2 heterocycles. The van der Waals surface area contributed by atoms with Crippen LogP contribution in [0.3, 0.4) is 0 Å². The van der Waals surface area contributed by atoms with E-state index in [4.69, 9.17) is 4.74 Å². The number of β-amino-alcohol motifs (C(OH)–C–C–N with tert-alkyl or cyclic N) is 1. The van der Waals surface area contributed by atoms with Crippen molar-refractivity contribution < 1.29 is 19.4 Å². The zero-order valence-electron chi connectivity index (χ0n) is 13.7. The zero-order chi connectivity index (χ0) is 16.3. The Balaban J connectivity index is 1.71. The van der Waals surface area contributed by atoms with Gasteiger partial charge in [0, 0.05) is 32.2 Å². The molecule has 0 spiro atoms. The number of aliphatic hydroxyl groups is 1. The predicted molar refractivity (Wildman–Crippen MR) is 81.4 cm³/mol. The summed E-state index contributed by atoms with van der Waals surface area (Å²) in [5.74, 6) is -0.0508. The number of carbonyl (C=O) groups is 2. The number of amides is 2. The second kappa shape index (κ2) is 6.83. The van der Waals surface area contributed by atoms with E-state index in [0.717, 1.165) is 19.4 Å². The molecule has 2 N–H and O–H groups in total. The smallest absolute Gasteiger partial charge is 0.410 e. The van der Waals surface area contributed by atoms with Crippen LogP contribution in [-0.4, -0.2) is 77.4 Å². The summed E-state index contributed by atoms with van der Waals surface area (Å²) in [5.41, 5.74) is -0.505. The fourth-order valence-electron chi connectivity index (χ4n) is 2.80. The second-order valence-electron chi connectivity index (χ2n) is 7.16. The van der Waals surface area contributed by atoms with E-state index in [2.05, 4.69) is 5.32 Å². The fraction of sp³-hybridized carbons (Fsp3) is 0.867. The van der Waals surface area contributed by atoms with E-state index in [-0.39, 0.29) is 24.1 Å². The lowest BCUT2D eigenvalue weighted by Crippen LogP contribution is -2.43. The molecule has 2 saturated heterocycles. The van der Waals surface area contributed by atoms with Gasteiger partial charge in [0.25, 0.3) is 0 Å². The van der Waals surface area contributed by atoms with Gasteiger partial charge in [0.15, 0.2) is 0 Å². The van der Waals surface area contributed by atoms with Crippen molar-refractivity contribution in [1.29, 1.82) is 0 Å². The van der Waals surface area contributed by atoms with Crippen LogP contribution >= 0.6 is 0 Å². The van der Waals surface area contributed by atoms with Crippen molar-refractivity contribution in [2.45, 2.75) is 51.4 Å². The first-order valence-corrected chi connectivity index (χ1v) is 7.90. The Labute approximate surface area is 131 Å². The van der Waals surface area contributed by atoms with Crippen LogP contribution in [0.4, 0.5) is 4.79 Å². The van der Waals surface area contributed by atoms with Crippen molar-refractivity contribution in [3.63, 3.8) is 0 Å². The van der Waals surface area contributed by atoms with Gasteiger partial charge >= 0.3 is 6.09 Å². The Morgan fingerprint density at radius 1 is 1.23 bits per heavy atom. The minimum absolute atomic E-state index is 0.0208. The van der Waals surface area contributed by atoms with Gasteiger partial charge in [0.2, 0.25) is 5.91 Å². The average molecular weight is 313 g/mol. The lowest BCUT2D eigenvalue weighted by molar-refractivity contribution is -0.122. The Hall–Kier alpha value is -1.34. The number of rotatable bonds is 3. The van der Waals surface area contributed by atoms with Gasteiger partial charge in [-0.1, -0.05) is 0 Å². The van der Waals surface area contributed by atoms with E-state index in [1.54, 1.807) is 4.90 Å². The van der Waals surface area contributed by atoms with Crippen LogP contribution in [0.15, 0.2) is 0 Å². The summed E-state index contributed by atoms with van der Waals surface area (Å²) >= 11 is 0. The number of ether oxygens (including phenoxy) is 1. The van der Waals surface area contributed by atoms with Gasteiger partial charge in [-0.25, -0.2) is 4.79 Å². The van der Waals surface area contributed by atoms with Gasteiger partial charge in [-0.2, -0.15) is 0 Å². The molecule has 2 aliphatic rings. The number of hydrogen-bond donors (Lipinski definition) is 2. The van der Waals surface area contributed by atoms with Crippen molar-refractivity contribution in [2.75, 3.05) is 32.7 Å². The average Bonchev–Trinajstić information content (AvgIpc) is 2.96. The van der Waals surface area contributed by atoms with Gasteiger partial charge in [-0.15, -0.1) is 0 Å². The van der Waals surface area contributed by atoms with Crippen molar-refractivity contribution in [2.24, 2.45) is 0 Å². The van der Waals surface area contributed by atoms with Crippen LogP contribution in [-0.2, 0) is 9.53 Å². The molecular formula is C15H27N3O4. The third-order valence-corrected chi connectivity index (χ3v) is 3.82. The van der Waals surface area contributed by atoms with Gasteiger partial charge in [-0.05, 0) is 33.6 Å². The van der Waals surface area contributed by atoms with Crippen LogP contribution < -0.4 is 5.32 Å². The molecule has 0 aromatic carbocycles. The fourth-order valence-corrected chi connectivity index (χ4v) is 2.80. The normalized spacial score (nSPS) is 26.3. The van der Waals surface area contributed by atoms with E-state index in [1.807, 2.05) is 25.7 Å². The highest BCUT2D eigenvalue weighted by molar-refractivity contribution is 5.78.